The molecule has 0 aromatic heterocycles. The van der Waals surface area contributed by atoms with Crippen molar-refractivity contribution in [2.45, 2.75) is 11.5 Å². The van der Waals surface area contributed by atoms with Crippen LogP contribution in [0.5, 0.6) is 11.5 Å². The van der Waals surface area contributed by atoms with Gasteiger partial charge >= 0.3 is 0 Å². The third kappa shape index (κ3) is 5.98. The Morgan fingerprint density at radius 3 is 2.40 bits per heavy atom. The average molecular weight is 510 g/mol. The maximum absolute atomic E-state index is 12.3. The van der Waals surface area contributed by atoms with Gasteiger partial charge in [0, 0.05) is 9.50 Å². The highest BCUT2D eigenvalue weighted by atomic mass is 79.9. The molecule has 156 valence electrons. The first-order valence-electron chi connectivity index (χ1n) is 8.73. The zero-order chi connectivity index (χ0) is 21.6. The first-order valence-corrected chi connectivity index (χ1v) is 11.4. The molecular formula is C21H18BrClN2O4S. The van der Waals surface area contributed by atoms with Crippen LogP contribution in [0.1, 0.15) is 11.1 Å². The molecule has 30 heavy (non-hydrogen) atoms. The largest absolute Gasteiger partial charge is 0.493 e. The van der Waals surface area contributed by atoms with E-state index in [0.29, 0.717) is 28.7 Å². The monoisotopic (exact) mass is 508 g/mol. The Kier molecular flexibility index (Phi) is 7.36. The number of hydrazone groups is 1. The molecule has 0 unspecified atom stereocenters. The number of methoxy groups -OCH3 is 1. The van der Waals surface area contributed by atoms with E-state index in [-0.39, 0.29) is 4.90 Å². The first-order chi connectivity index (χ1) is 14.4. The number of hydrogen-bond donors (Lipinski definition) is 1. The van der Waals surface area contributed by atoms with E-state index in [2.05, 4.69) is 25.9 Å². The normalized spacial score (nSPS) is 11.4. The Morgan fingerprint density at radius 2 is 1.73 bits per heavy atom. The fraction of sp³-hybridized carbons (Fsp3) is 0.0952. The Bertz CT molecular complexity index is 1130. The lowest BCUT2D eigenvalue weighted by molar-refractivity contribution is 0.284. The second kappa shape index (κ2) is 9.97. The number of sulfonamides is 1. The van der Waals surface area contributed by atoms with Crippen LogP contribution in [0.4, 0.5) is 0 Å². The lowest BCUT2D eigenvalue weighted by Gasteiger charge is -2.11. The van der Waals surface area contributed by atoms with E-state index in [0.717, 1.165) is 10.0 Å². The van der Waals surface area contributed by atoms with E-state index >= 15 is 0 Å². The topological polar surface area (TPSA) is 77.0 Å². The Balaban J connectivity index is 1.66. The first kappa shape index (κ1) is 22.1. The minimum atomic E-state index is -3.75. The SMILES string of the molecule is COc1cc(/C=N/NS(=O)(=O)c2ccc(Br)cc2)ccc1OCc1ccc(Cl)cc1. The van der Waals surface area contributed by atoms with Gasteiger partial charge in [-0.05, 0) is 65.7 Å². The van der Waals surface area contributed by atoms with Gasteiger partial charge in [0.1, 0.15) is 6.61 Å². The van der Waals surface area contributed by atoms with Gasteiger partial charge in [-0.3, -0.25) is 0 Å². The smallest absolute Gasteiger partial charge is 0.276 e. The molecular weight excluding hydrogens is 492 g/mol. The molecule has 0 atom stereocenters. The second-order valence-electron chi connectivity index (χ2n) is 6.13. The number of nitrogens with one attached hydrogen (secondary N) is 1. The molecule has 0 heterocycles. The molecule has 1 N–H and O–H groups in total. The molecule has 0 saturated heterocycles. The molecule has 0 bridgehead atoms. The highest BCUT2D eigenvalue weighted by Gasteiger charge is 2.12. The maximum atomic E-state index is 12.3. The van der Waals surface area contributed by atoms with Gasteiger partial charge in [-0.15, -0.1) is 0 Å². The van der Waals surface area contributed by atoms with Gasteiger partial charge in [-0.25, -0.2) is 4.83 Å². The number of halogens is 2. The van der Waals surface area contributed by atoms with Crippen LogP contribution in [0, 0.1) is 0 Å². The van der Waals surface area contributed by atoms with E-state index in [9.17, 15) is 8.42 Å². The summed E-state index contributed by atoms with van der Waals surface area (Å²) in [6, 6.07) is 18.8. The third-order valence-electron chi connectivity index (χ3n) is 4.01. The number of rotatable bonds is 8. The zero-order valence-corrected chi connectivity index (χ0v) is 19.0. The van der Waals surface area contributed by atoms with Gasteiger partial charge in [0.05, 0.1) is 18.2 Å². The highest BCUT2D eigenvalue weighted by Crippen LogP contribution is 2.28. The molecule has 0 aliphatic heterocycles. The molecule has 0 spiro atoms. The number of ether oxygens (including phenoxy) is 2. The van der Waals surface area contributed by atoms with E-state index in [4.69, 9.17) is 21.1 Å². The third-order valence-corrected chi connectivity index (χ3v) is 6.02. The lowest BCUT2D eigenvalue weighted by atomic mass is 10.2. The minimum absolute atomic E-state index is 0.117. The van der Waals surface area contributed by atoms with Crippen molar-refractivity contribution in [3.05, 3.63) is 87.4 Å². The number of nitrogens with zero attached hydrogens (tertiary/aromatic N) is 1. The summed E-state index contributed by atoms with van der Waals surface area (Å²) < 4.78 is 36.5. The Hall–Kier alpha value is -2.55. The fourth-order valence-corrected chi connectivity index (χ4v) is 3.64. The molecule has 0 amide bonds. The van der Waals surface area contributed by atoms with E-state index in [1.54, 1.807) is 42.5 Å². The van der Waals surface area contributed by atoms with Crippen LogP contribution in [0.25, 0.3) is 0 Å². The van der Waals surface area contributed by atoms with Gasteiger partial charge in [0.2, 0.25) is 0 Å². The summed E-state index contributed by atoms with van der Waals surface area (Å²) >= 11 is 9.16. The van der Waals surface area contributed by atoms with Crippen LogP contribution >= 0.6 is 27.5 Å². The van der Waals surface area contributed by atoms with Crippen LogP contribution in [0.2, 0.25) is 5.02 Å². The van der Waals surface area contributed by atoms with E-state index < -0.39 is 10.0 Å². The lowest BCUT2D eigenvalue weighted by Crippen LogP contribution is -2.18. The van der Waals surface area contributed by atoms with Crippen LogP contribution in [0.3, 0.4) is 0 Å². The van der Waals surface area contributed by atoms with Gasteiger partial charge in [-0.1, -0.05) is 39.7 Å². The van der Waals surface area contributed by atoms with Crippen molar-refractivity contribution in [2.75, 3.05) is 7.11 Å². The summed E-state index contributed by atoms with van der Waals surface area (Å²) in [5, 5.41) is 4.50. The van der Waals surface area contributed by atoms with Crippen LogP contribution in [0.15, 0.2) is 81.2 Å². The zero-order valence-electron chi connectivity index (χ0n) is 15.9. The minimum Gasteiger partial charge on any atom is -0.493 e. The fourth-order valence-electron chi connectivity index (χ4n) is 2.46. The molecule has 0 aliphatic rings. The van der Waals surface area contributed by atoms with Crippen LogP contribution in [-0.2, 0) is 16.6 Å². The van der Waals surface area contributed by atoms with Crippen molar-refractivity contribution in [3.8, 4) is 11.5 Å². The van der Waals surface area contributed by atoms with Crippen molar-refractivity contribution < 1.29 is 17.9 Å². The number of benzene rings is 3. The standard InChI is InChI=1S/C21H18BrClN2O4S/c1-28-21-12-16(4-11-20(21)29-14-15-2-7-18(23)8-3-15)13-24-25-30(26,27)19-9-5-17(22)6-10-19/h2-13,25H,14H2,1H3/b24-13+. The van der Waals surface area contributed by atoms with Gasteiger partial charge in [-0.2, -0.15) is 13.5 Å². The molecule has 6 nitrogen and oxygen atoms in total. The summed E-state index contributed by atoms with van der Waals surface area (Å²) in [5.74, 6) is 1.06. The predicted octanol–water partition coefficient (Wildman–Crippen LogP) is 5.00. The molecule has 3 aromatic rings. The van der Waals surface area contributed by atoms with Gasteiger partial charge in [0.15, 0.2) is 11.5 Å². The summed E-state index contributed by atoms with van der Waals surface area (Å²) in [7, 11) is -2.22. The van der Waals surface area contributed by atoms with Crippen molar-refractivity contribution in [3.63, 3.8) is 0 Å². The molecule has 0 saturated carbocycles. The second-order valence-corrected chi connectivity index (χ2v) is 9.15. The van der Waals surface area contributed by atoms with E-state index in [1.807, 2.05) is 12.1 Å². The Morgan fingerprint density at radius 1 is 1.03 bits per heavy atom. The number of hydrogen-bond acceptors (Lipinski definition) is 5. The van der Waals surface area contributed by atoms with E-state index in [1.165, 1.54) is 25.5 Å². The predicted molar refractivity (Wildman–Crippen MR) is 121 cm³/mol. The summed E-state index contributed by atoms with van der Waals surface area (Å²) in [6.07, 6.45) is 1.39. The average Bonchev–Trinajstić information content (AvgIpc) is 2.74. The summed E-state index contributed by atoms with van der Waals surface area (Å²) in [5.41, 5.74) is 1.61. The van der Waals surface area contributed by atoms with Gasteiger partial charge < -0.3 is 9.47 Å². The van der Waals surface area contributed by atoms with Crippen molar-refractivity contribution in [2.24, 2.45) is 5.10 Å². The summed E-state index contributed by atoms with van der Waals surface area (Å²) in [6.45, 7) is 0.355. The molecule has 9 heteroatoms. The Labute approximate surface area is 188 Å². The molecule has 3 rings (SSSR count). The molecule has 0 fully saturated rings. The van der Waals surface area contributed by atoms with Crippen LogP contribution < -0.4 is 14.3 Å². The highest BCUT2D eigenvalue weighted by molar-refractivity contribution is 9.10. The van der Waals surface area contributed by atoms with Gasteiger partial charge in [0.25, 0.3) is 10.0 Å². The van der Waals surface area contributed by atoms with Crippen LogP contribution in [-0.4, -0.2) is 21.7 Å². The quantitative estimate of drug-likeness (QED) is 0.342. The maximum Gasteiger partial charge on any atom is 0.276 e. The summed E-state index contributed by atoms with van der Waals surface area (Å²) in [4.78, 5) is 2.31. The molecule has 3 aromatic carbocycles. The van der Waals surface area contributed by atoms with Crippen molar-refractivity contribution in [1.29, 1.82) is 0 Å². The molecule has 0 radical (unpaired) electrons. The van der Waals surface area contributed by atoms with Crippen molar-refractivity contribution in [1.82, 2.24) is 4.83 Å². The van der Waals surface area contributed by atoms with Crippen molar-refractivity contribution >= 4 is 43.8 Å². The molecule has 0 aliphatic carbocycles.